The first kappa shape index (κ1) is 19.7. The normalized spacial score (nSPS) is 10.4. The smallest absolute Gasteiger partial charge is 0.243 e. The highest BCUT2D eigenvalue weighted by Gasteiger charge is 2.19. The third-order valence-corrected chi connectivity index (χ3v) is 3.47. The minimum Gasteiger partial charge on any atom is -0.345 e. The summed E-state index contributed by atoms with van der Waals surface area (Å²) in [5, 5.41) is 5.28. The molecular weight excluding hydrogens is 306 g/mol. The number of rotatable bonds is 8. The van der Waals surface area contributed by atoms with Gasteiger partial charge in [0.2, 0.25) is 17.7 Å². The molecule has 0 aliphatic rings. The number of hydrogen-bond donors (Lipinski definition) is 2. The molecule has 1 aromatic carbocycles. The topological polar surface area (TPSA) is 78.5 Å². The zero-order valence-corrected chi connectivity index (χ0v) is 14.9. The number of nitrogens with one attached hydrogen (secondary N) is 2. The van der Waals surface area contributed by atoms with Gasteiger partial charge in [0.25, 0.3) is 0 Å². The Morgan fingerprint density at radius 1 is 1.17 bits per heavy atom. The Labute approximate surface area is 143 Å². The van der Waals surface area contributed by atoms with Crippen LogP contribution in [0.2, 0.25) is 0 Å². The monoisotopic (exact) mass is 333 g/mol. The first-order valence-corrected chi connectivity index (χ1v) is 8.26. The first-order chi connectivity index (χ1) is 11.3. The maximum atomic E-state index is 12.0. The Morgan fingerprint density at radius 3 is 2.46 bits per heavy atom. The molecule has 0 saturated carbocycles. The molecule has 6 nitrogen and oxygen atoms in total. The van der Waals surface area contributed by atoms with Crippen molar-refractivity contribution in [3.05, 3.63) is 29.8 Å². The lowest BCUT2D eigenvalue weighted by Gasteiger charge is -2.26. The molecule has 0 unspecified atom stereocenters. The molecule has 0 saturated heterocycles. The molecule has 24 heavy (non-hydrogen) atoms. The van der Waals surface area contributed by atoms with Gasteiger partial charge in [-0.15, -0.1) is 0 Å². The predicted molar refractivity (Wildman–Crippen MR) is 94.6 cm³/mol. The fraction of sp³-hybridized carbons (Fsp3) is 0.500. The second-order valence-electron chi connectivity index (χ2n) is 6.06. The summed E-state index contributed by atoms with van der Waals surface area (Å²) in [7, 11) is 0. The molecule has 0 aliphatic heterocycles. The van der Waals surface area contributed by atoms with E-state index in [-0.39, 0.29) is 36.9 Å². The van der Waals surface area contributed by atoms with Crippen LogP contribution in [0.1, 0.15) is 39.2 Å². The van der Waals surface area contributed by atoms with Crippen LogP contribution >= 0.6 is 0 Å². The summed E-state index contributed by atoms with van der Waals surface area (Å²) in [4.78, 5) is 37.4. The predicted octanol–water partition coefficient (Wildman–Crippen LogP) is 2.09. The van der Waals surface area contributed by atoms with Crippen molar-refractivity contribution in [1.29, 1.82) is 0 Å². The molecule has 0 aromatic heterocycles. The van der Waals surface area contributed by atoms with E-state index in [1.165, 1.54) is 4.90 Å². The molecule has 0 radical (unpaired) electrons. The molecule has 132 valence electrons. The Morgan fingerprint density at radius 2 is 1.88 bits per heavy atom. The molecular formula is C18H27N3O3. The molecule has 1 rings (SSSR count). The van der Waals surface area contributed by atoms with Gasteiger partial charge in [-0.2, -0.15) is 0 Å². The lowest BCUT2D eigenvalue weighted by Crippen LogP contribution is -2.45. The average molecular weight is 333 g/mol. The van der Waals surface area contributed by atoms with Gasteiger partial charge in [0.1, 0.15) is 0 Å². The van der Waals surface area contributed by atoms with Crippen LogP contribution in [0.5, 0.6) is 0 Å². The number of hydrogen-bond acceptors (Lipinski definition) is 3. The Hall–Kier alpha value is -2.37. The number of carbonyl (C=O) groups is 3. The standard InChI is InChI=1S/C18H27N3O3/c1-5-7-18(24)21(13(2)3)12-17(23)19-11-16(22)20-15-9-6-8-14(4)10-15/h6,8-10,13H,5,7,11-12H2,1-4H3,(H,19,23)(H,20,22). The van der Waals surface area contributed by atoms with Gasteiger partial charge in [-0.05, 0) is 44.9 Å². The van der Waals surface area contributed by atoms with Crippen molar-refractivity contribution >= 4 is 23.4 Å². The third kappa shape index (κ3) is 6.81. The minimum absolute atomic E-state index is 0.0335. The first-order valence-electron chi connectivity index (χ1n) is 8.26. The Balaban J connectivity index is 2.46. The molecule has 2 N–H and O–H groups in total. The summed E-state index contributed by atoms with van der Waals surface area (Å²) in [5.74, 6) is -0.690. The van der Waals surface area contributed by atoms with E-state index >= 15 is 0 Å². The largest absolute Gasteiger partial charge is 0.345 e. The van der Waals surface area contributed by atoms with Crippen molar-refractivity contribution in [3.63, 3.8) is 0 Å². The molecule has 6 heteroatoms. The van der Waals surface area contributed by atoms with Gasteiger partial charge in [0, 0.05) is 18.2 Å². The van der Waals surface area contributed by atoms with Gasteiger partial charge in [0.05, 0.1) is 13.1 Å². The van der Waals surface area contributed by atoms with Crippen LogP contribution in [0.15, 0.2) is 24.3 Å². The lowest BCUT2D eigenvalue weighted by atomic mass is 10.2. The number of nitrogens with zero attached hydrogens (tertiary/aromatic N) is 1. The minimum atomic E-state index is -0.340. The Bertz CT molecular complexity index is 585. The van der Waals surface area contributed by atoms with E-state index in [1.807, 2.05) is 45.9 Å². The van der Waals surface area contributed by atoms with Gasteiger partial charge >= 0.3 is 0 Å². The quantitative estimate of drug-likeness (QED) is 0.764. The van der Waals surface area contributed by atoms with Crippen LogP contribution in [-0.4, -0.2) is 41.8 Å². The molecule has 0 fully saturated rings. The molecule has 0 aliphatic carbocycles. The second-order valence-corrected chi connectivity index (χ2v) is 6.06. The van der Waals surface area contributed by atoms with Gasteiger partial charge in [0.15, 0.2) is 0 Å². The highest BCUT2D eigenvalue weighted by atomic mass is 16.2. The van der Waals surface area contributed by atoms with Crippen LogP contribution in [0.25, 0.3) is 0 Å². The SMILES string of the molecule is CCCC(=O)N(CC(=O)NCC(=O)Nc1cccc(C)c1)C(C)C. The maximum absolute atomic E-state index is 12.0. The number of amides is 3. The summed E-state index contributed by atoms with van der Waals surface area (Å²) in [5.41, 5.74) is 1.73. The zero-order chi connectivity index (χ0) is 18.1. The van der Waals surface area contributed by atoms with Gasteiger partial charge in [-0.25, -0.2) is 0 Å². The lowest BCUT2D eigenvalue weighted by molar-refractivity contribution is -0.137. The Kier molecular flexibility index (Phi) is 7.95. The van der Waals surface area contributed by atoms with Crippen LogP contribution in [0.3, 0.4) is 0 Å². The summed E-state index contributed by atoms with van der Waals surface area (Å²) in [6, 6.07) is 7.37. The van der Waals surface area contributed by atoms with E-state index in [2.05, 4.69) is 10.6 Å². The van der Waals surface area contributed by atoms with E-state index in [0.717, 1.165) is 12.0 Å². The number of benzene rings is 1. The van der Waals surface area contributed by atoms with Crippen LogP contribution in [0.4, 0.5) is 5.69 Å². The summed E-state index contributed by atoms with van der Waals surface area (Å²) >= 11 is 0. The van der Waals surface area contributed by atoms with Crippen molar-refractivity contribution in [1.82, 2.24) is 10.2 Å². The van der Waals surface area contributed by atoms with Crippen LogP contribution in [-0.2, 0) is 14.4 Å². The van der Waals surface area contributed by atoms with Crippen LogP contribution < -0.4 is 10.6 Å². The molecule has 0 atom stereocenters. The van der Waals surface area contributed by atoms with E-state index in [1.54, 1.807) is 6.07 Å². The van der Waals surface area contributed by atoms with Crippen LogP contribution in [0, 0.1) is 6.92 Å². The summed E-state index contributed by atoms with van der Waals surface area (Å²) in [6.07, 6.45) is 1.15. The van der Waals surface area contributed by atoms with Gasteiger partial charge in [-0.1, -0.05) is 19.1 Å². The van der Waals surface area contributed by atoms with E-state index in [4.69, 9.17) is 0 Å². The third-order valence-electron chi connectivity index (χ3n) is 3.47. The van der Waals surface area contributed by atoms with Gasteiger partial charge in [-0.3, -0.25) is 14.4 Å². The summed E-state index contributed by atoms with van der Waals surface area (Å²) in [6.45, 7) is 7.43. The highest BCUT2D eigenvalue weighted by molar-refractivity contribution is 5.95. The second kappa shape index (κ2) is 9.70. The fourth-order valence-electron chi connectivity index (χ4n) is 2.23. The van der Waals surface area contributed by atoms with Crippen molar-refractivity contribution < 1.29 is 14.4 Å². The summed E-state index contributed by atoms with van der Waals surface area (Å²) < 4.78 is 0. The number of carbonyl (C=O) groups excluding carboxylic acids is 3. The number of aryl methyl sites for hydroxylation is 1. The maximum Gasteiger partial charge on any atom is 0.243 e. The average Bonchev–Trinajstić information content (AvgIpc) is 2.50. The zero-order valence-electron chi connectivity index (χ0n) is 14.9. The highest BCUT2D eigenvalue weighted by Crippen LogP contribution is 2.09. The van der Waals surface area contributed by atoms with Crippen molar-refractivity contribution in [2.75, 3.05) is 18.4 Å². The van der Waals surface area contributed by atoms with E-state index in [9.17, 15) is 14.4 Å². The fourth-order valence-corrected chi connectivity index (χ4v) is 2.23. The van der Waals surface area contributed by atoms with Crippen molar-refractivity contribution in [2.24, 2.45) is 0 Å². The van der Waals surface area contributed by atoms with Crippen molar-refractivity contribution in [2.45, 2.75) is 46.6 Å². The number of anilines is 1. The molecule has 0 bridgehead atoms. The van der Waals surface area contributed by atoms with Gasteiger partial charge < -0.3 is 15.5 Å². The molecule has 3 amide bonds. The molecule has 0 spiro atoms. The van der Waals surface area contributed by atoms with Crippen molar-refractivity contribution in [3.8, 4) is 0 Å². The molecule has 0 heterocycles. The van der Waals surface area contributed by atoms with E-state index < -0.39 is 0 Å². The van der Waals surface area contributed by atoms with E-state index in [0.29, 0.717) is 12.1 Å². The molecule has 1 aromatic rings.